The van der Waals surface area contributed by atoms with Gasteiger partial charge in [0.2, 0.25) is 71.3 Å². The van der Waals surface area contributed by atoms with Gasteiger partial charge in [0.25, 0.3) is 0 Å². The molecule has 0 aromatic carbocycles. The van der Waals surface area contributed by atoms with Crippen LogP contribution >= 0.6 is 0 Å². The first kappa shape index (κ1) is 85.0. The molecule has 3 aliphatic heterocycles. The standard InChI is InChI=1S/C62H96N12O26/c1-25(2)17-13-11-12-14-19-35(75)68-41(30(9)61(98)100-62-47(82)45(80)46(81)48(99-62)60(96)97)54(88)72-42-31(10)65-51(85)34-21-28(7)24-74(34)57(91)39(27(5)6)71-53(87)40(29(8)58(92)93)69-36(76)23-64-49(83)33(22-37(77)78)67-56(90)43(44(79)59(94)95)73-50(84)32(18-15-16-20-63)66-52(86)38(26(3)4)70-55(42)89/h11-12,14,19,25-34,38-48,62,79-82H,13,15-18,20-24,63H2,1-10H3,(H,64,83)(H,65,85)(H,66,86)(H,67,90)(H,68,75)(H,69,76)(H,70,89)(H,71,87)(H,72,88)(H,73,84)(H,77,78)(H,92,93)(H,94,95)(H,96,97)/b12-11-,19-14+/t28-,29?,30?,31?,32+,33+,34+,38-,39+,40-,41+,42+,43+,44?,45?,46?,47?,48?,62?/m1/s1. The molecule has 3 aliphatic rings. The van der Waals surface area contributed by atoms with E-state index in [1.165, 1.54) is 39.8 Å². The summed E-state index contributed by atoms with van der Waals surface area (Å²) in [6.07, 6.45) is -9.16. The first-order valence-electron chi connectivity index (χ1n) is 32.5. The molecule has 38 nitrogen and oxygen atoms in total. The van der Waals surface area contributed by atoms with Gasteiger partial charge in [-0.25, -0.2) is 9.59 Å². The Balaban J connectivity index is 2.37. The maximum atomic E-state index is 15.2. The van der Waals surface area contributed by atoms with Gasteiger partial charge in [0, 0.05) is 12.6 Å². The Kier molecular flexibility index (Phi) is 33.6. The third-order valence-electron chi connectivity index (χ3n) is 16.6. The lowest BCUT2D eigenvalue weighted by molar-refractivity contribution is -0.287. The minimum Gasteiger partial charge on any atom is -0.481 e. The summed E-state index contributed by atoms with van der Waals surface area (Å²) in [6.45, 7) is 13.1. The second kappa shape index (κ2) is 39.5. The van der Waals surface area contributed by atoms with Crippen molar-refractivity contribution in [1.29, 1.82) is 0 Å². The molecule has 0 aliphatic carbocycles. The van der Waals surface area contributed by atoms with E-state index in [1.807, 2.05) is 29.8 Å². The van der Waals surface area contributed by atoms with Crippen molar-refractivity contribution in [1.82, 2.24) is 58.1 Å². The lowest BCUT2D eigenvalue weighted by Gasteiger charge is -2.38. The predicted octanol–water partition coefficient (Wildman–Crippen LogP) is -6.56. The average Bonchev–Trinajstić information content (AvgIpc) is 0.915. The highest BCUT2D eigenvalue weighted by molar-refractivity contribution is 6.02. The topological polar surface area (TPSA) is 603 Å². The van der Waals surface area contributed by atoms with E-state index < -0.39 is 235 Å². The Morgan fingerprint density at radius 3 is 1.83 bits per heavy atom. The van der Waals surface area contributed by atoms with Crippen LogP contribution in [0.15, 0.2) is 24.3 Å². The highest BCUT2D eigenvalue weighted by Crippen LogP contribution is 2.27. The summed E-state index contributed by atoms with van der Waals surface area (Å²) in [5, 5.41) is 104. The number of fused-ring (bicyclic) bond motifs is 1. The molecule has 20 N–H and O–H groups in total. The number of nitrogens with two attached hydrogens (primary N) is 1. The summed E-state index contributed by atoms with van der Waals surface area (Å²) in [4.78, 5) is 222. The third kappa shape index (κ3) is 24.9. The maximum absolute atomic E-state index is 15.2. The second-order valence-corrected chi connectivity index (χ2v) is 26.0. The van der Waals surface area contributed by atoms with Crippen molar-refractivity contribution in [3.63, 3.8) is 0 Å². The zero-order chi connectivity index (χ0) is 75.9. The highest BCUT2D eigenvalue weighted by atomic mass is 16.7. The van der Waals surface area contributed by atoms with E-state index >= 15 is 9.59 Å². The number of carbonyl (C=O) groups excluding carboxylic acids is 12. The number of aliphatic carboxylic acids is 4. The summed E-state index contributed by atoms with van der Waals surface area (Å²) < 4.78 is 10.3. The van der Waals surface area contributed by atoms with Crippen LogP contribution in [0.3, 0.4) is 0 Å². The molecule has 11 amide bonds. The third-order valence-corrected chi connectivity index (χ3v) is 16.6. The molecular formula is C62H96N12O26. The minimum absolute atomic E-state index is 0.00386. The molecule has 0 saturated carbocycles. The SMILES string of the molecule is CC(C)CC/C=C\C=C\C(=O)N[C@H](C(=O)N[C@@H]1C(=O)N[C@H](C(C)C)C(=O)N[C@@H](CCCCN)C(=O)N[C@@H](C(O)C(=O)O)C(=O)N[C@@H](CC(=O)O)C(=O)NCC(=O)N[C@H](C(C)C(=O)O)C(=O)N[C@@H](C(C)C)C(=O)N2C[C@H](C)C[C@H]2C(=O)NC1C)C(C)C(=O)OC1OC(C(=O)O)C(O)C(O)C1O. The number of rotatable bonds is 24. The Labute approximate surface area is 574 Å². The number of carbonyl (C=O) groups is 16. The van der Waals surface area contributed by atoms with Gasteiger partial charge < -0.3 is 114 Å². The number of esters is 1. The molecule has 0 aromatic heterocycles. The molecule has 19 atom stereocenters. The first-order valence-corrected chi connectivity index (χ1v) is 32.5. The predicted molar refractivity (Wildman–Crippen MR) is 343 cm³/mol. The molecule has 0 radical (unpaired) electrons. The quantitative estimate of drug-likeness (QED) is 0.0185. The van der Waals surface area contributed by atoms with E-state index in [1.54, 1.807) is 13.0 Å². The van der Waals surface area contributed by atoms with Crippen LogP contribution in [-0.4, -0.2) is 257 Å². The number of aliphatic hydroxyl groups is 4. The molecule has 100 heavy (non-hydrogen) atoms. The van der Waals surface area contributed by atoms with Crippen LogP contribution in [0.25, 0.3) is 0 Å². The zero-order valence-corrected chi connectivity index (χ0v) is 57.0. The number of unbranched alkanes of at least 4 members (excludes halogenated alkanes) is 1. The Bertz CT molecular complexity index is 3060. The molecule has 3 heterocycles. The Morgan fingerprint density at radius 2 is 1.26 bits per heavy atom. The van der Waals surface area contributed by atoms with Crippen LogP contribution < -0.4 is 58.9 Å². The summed E-state index contributed by atoms with van der Waals surface area (Å²) in [7, 11) is 0. The number of ether oxygens (including phenoxy) is 2. The highest BCUT2D eigenvalue weighted by Gasteiger charge is 2.51. The molecule has 3 fully saturated rings. The monoisotopic (exact) mass is 1420 g/mol. The summed E-state index contributed by atoms with van der Waals surface area (Å²) >= 11 is 0. The van der Waals surface area contributed by atoms with Crippen LogP contribution in [0, 0.1) is 35.5 Å². The van der Waals surface area contributed by atoms with E-state index in [-0.39, 0.29) is 38.8 Å². The fraction of sp³-hybridized carbons (Fsp3) is 0.677. The van der Waals surface area contributed by atoms with Gasteiger partial charge in [0.1, 0.15) is 72.7 Å². The fourth-order valence-electron chi connectivity index (χ4n) is 10.6. The van der Waals surface area contributed by atoms with Crippen molar-refractivity contribution in [2.75, 3.05) is 19.6 Å². The van der Waals surface area contributed by atoms with E-state index in [0.29, 0.717) is 12.3 Å². The molecule has 3 rings (SSSR count). The van der Waals surface area contributed by atoms with Gasteiger partial charge >= 0.3 is 29.8 Å². The number of amides is 11. The molecule has 560 valence electrons. The zero-order valence-electron chi connectivity index (χ0n) is 57.0. The molecule has 0 aromatic rings. The van der Waals surface area contributed by atoms with Gasteiger partial charge in [-0.1, -0.05) is 66.7 Å². The van der Waals surface area contributed by atoms with Crippen molar-refractivity contribution >= 4 is 94.8 Å². The van der Waals surface area contributed by atoms with Crippen molar-refractivity contribution in [3.05, 3.63) is 24.3 Å². The molecule has 9 unspecified atom stereocenters. The van der Waals surface area contributed by atoms with Crippen LogP contribution in [0.2, 0.25) is 0 Å². The van der Waals surface area contributed by atoms with Crippen molar-refractivity contribution < 1.29 is 127 Å². The van der Waals surface area contributed by atoms with Crippen molar-refractivity contribution in [2.45, 2.75) is 211 Å². The molecule has 3 saturated heterocycles. The molecule has 0 bridgehead atoms. The molecule has 0 spiro atoms. The summed E-state index contributed by atoms with van der Waals surface area (Å²) in [5.41, 5.74) is 5.71. The minimum atomic E-state index is -2.89. The number of allylic oxidation sites excluding steroid dienone is 3. The smallest absolute Gasteiger partial charge is 0.335 e. The van der Waals surface area contributed by atoms with E-state index in [9.17, 15) is 108 Å². The van der Waals surface area contributed by atoms with Gasteiger partial charge in [-0.2, -0.15) is 0 Å². The first-order chi connectivity index (χ1) is 46.6. The Morgan fingerprint density at radius 1 is 0.670 bits per heavy atom. The van der Waals surface area contributed by atoms with Gasteiger partial charge in [-0.15, -0.1) is 0 Å². The number of hydrogen-bond donors (Lipinski definition) is 19. The summed E-state index contributed by atoms with van der Waals surface area (Å²) in [5.74, 6) is -29.1. The number of carboxylic acid groups (broad SMARTS) is 4. The largest absolute Gasteiger partial charge is 0.481 e. The lowest BCUT2D eigenvalue weighted by Crippen LogP contribution is -2.66. The van der Waals surface area contributed by atoms with E-state index in [4.69, 9.17) is 15.2 Å². The van der Waals surface area contributed by atoms with Crippen LogP contribution in [0.5, 0.6) is 0 Å². The number of nitrogens with zero attached hydrogens (tertiary/aromatic N) is 1. The van der Waals surface area contributed by atoms with Crippen molar-refractivity contribution in [3.8, 4) is 0 Å². The molecular weight excluding hydrogens is 1330 g/mol. The van der Waals surface area contributed by atoms with Crippen LogP contribution in [0.4, 0.5) is 0 Å². The normalized spacial score (nSPS) is 28.8. The second-order valence-electron chi connectivity index (χ2n) is 26.0. The number of hydrogen-bond acceptors (Lipinski definition) is 23. The number of aliphatic hydroxyl groups excluding tert-OH is 4. The van der Waals surface area contributed by atoms with Gasteiger partial charge in [-0.05, 0) is 89.5 Å². The summed E-state index contributed by atoms with van der Waals surface area (Å²) in [6, 6.07) is -19.7. The number of nitrogens with one attached hydrogen (secondary N) is 10. The van der Waals surface area contributed by atoms with Gasteiger partial charge in [-0.3, -0.25) is 67.1 Å². The fourth-order valence-corrected chi connectivity index (χ4v) is 10.6. The average molecular weight is 1430 g/mol. The van der Waals surface area contributed by atoms with Gasteiger partial charge in [0.05, 0.1) is 30.8 Å². The lowest BCUT2D eigenvalue weighted by atomic mass is 9.97. The van der Waals surface area contributed by atoms with Crippen LogP contribution in [0.1, 0.15) is 114 Å². The maximum Gasteiger partial charge on any atom is 0.335 e. The Hall–Kier alpha value is -9.24. The van der Waals surface area contributed by atoms with Crippen molar-refractivity contribution in [2.24, 2.45) is 41.2 Å². The van der Waals surface area contributed by atoms with Gasteiger partial charge in [0.15, 0.2) is 12.2 Å². The van der Waals surface area contributed by atoms with E-state index in [0.717, 1.165) is 38.2 Å². The van der Waals surface area contributed by atoms with Crippen LogP contribution in [-0.2, 0) is 86.2 Å². The van der Waals surface area contributed by atoms with E-state index in [2.05, 4.69) is 37.2 Å². The molecule has 38 heteroatoms. The number of carboxylic acids is 4.